The number of anilines is 3. The van der Waals surface area contributed by atoms with Crippen molar-refractivity contribution in [1.82, 2.24) is 30.0 Å². The molecule has 6 rings (SSSR count). The average Bonchev–Trinajstić information content (AvgIpc) is 3.44. The van der Waals surface area contributed by atoms with Crippen molar-refractivity contribution in [2.75, 3.05) is 30.5 Å². The van der Waals surface area contributed by atoms with Gasteiger partial charge in [0.15, 0.2) is 11.4 Å². The summed E-state index contributed by atoms with van der Waals surface area (Å²) in [7, 11) is 3.65. The van der Waals surface area contributed by atoms with E-state index in [-0.39, 0.29) is 29.2 Å². The zero-order chi connectivity index (χ0) is 35.7. The Kier molecular flexibility index (Phi) is 9.80. The summed E-state index contributed by atoms with van der Waals surface area (Å²) in [5.41, 5.74) is 4.78. The van der Waals surface area contributed by atoms with Crippen molar-refractivity contribution < 1.29 is 32.7 Å². The number of hydrogen-bond acceptors (Lipinski definition) is 9. The Morgan fingerprint density at radius 1 is 1.04 bits per heavy atom. The number of carbonyl (C=O) groups is 2. The van der Waals surface area contributed by atoms with Crippen LogP contribution in [0.15, 0.2) is 42.6 Å². The molecule has 4 aromatic rings. The first-order chi connectivity index (χ1) is 23.9. The van der Waals surface area contributed by atoms with Crippen molar-refractivity contribution in [1.29, 1.82) is 0 Å². The number of aromatic nitrogens is 4. The van der Waals surface area contributed by atoms with Gasteiger partial charge in [-0.15, -0.1) is 13.2 Å². The Morgan fingerprint density at radius 3 is 2.40 bits per heavy atom. The minimum Gasteiger partial charge on any atom is -0.403 e. The Bertz CT molecular complexity index is 1900. The van der Waals surface area contributed by atoms with Gasteiger partial charge in [0.2, 0.25) is 0 Å². The van der Waals surface area contributed by atoms with Crippen LogP contribution < -0.4 is 20.4 Å². The lowest BCUT2D eigenvalue weighted by atomic mass is 9.93. The van der Waals surface area contributed by atoms with Gasteiger partial charge in [0, 0.05) is 36.1 Å². The Morgan fingerprint density at radius 2 is 1.74 bits per heavy atom. The molecule has 1 aliphatic heterocycles. The maximum atomic E-state index is 13.7. The fraction of sp³-hybridized carbons (Fsp3) is 0.400. The van der Waals surface area contributed by atoms with Crippen molar-refractivity contribution in [3.05, 3.63) is 76.1 Å². The molecule has 0 unspecified atom stereocenters. The zero-order valence-electron chi connectivity index (χ0n) is 28.3. The maximum absolute atomic E-state index is 13.7. The van der Waals surface area contributed by atoms with Gasteiger partial charge in [-0.2, -0.15) is 10.2 Å². The normalized spacial score (nSPS) is 14.9. The largest absolute Gasteiger partial charge is 0.573 e. The molecule has 3 N–H and O–H groups in total. The summed E-state index contributed by atoms with van der Waals surface area (Å²) < 4.78 is 46.5. The van der Waals surface area contributed by atoms with E-state index in [1.807, 2.05) is 39.1 Å². The minimum absolute atomic E-state index is 0.0652. The highest BCUT2D eigenvalue weighted by molar-refractivity contribution is 6.06. The summed E-state index contributed by atoms with van der Waals surface area (Å²) in [5.74, 6) is -2.08. The van der Waals surface area contributed by atoms with Crippen LogP contribution >= 0.6 is 0 Å². The molecule has 2 aromatic carbocycles. The number of piperidine rings is 1. The summed E-state index contributed by atoms with van der Waals surface area (Å²) in [6.07, 6.45) is 0.200. The average molecular weight is 693 g/mol. The molecule has 1 fully saturated rings. The molecule has 3 heterocycles. The predicted molar refractivity (Wildman–Crippen MR) is 180 cm³/mol. The summed E-state index contributed by atoms with van der Waals surface area (Å²) in [6.45, 7) is 5.61. The molecule has 2 aromatic heterocycles. The number of para-hydroxylation sites is 1. The van der Waals surface area contributed by atoms with Crippen LogP contribution in [0, 0.1) is 0 Å². The number of ether oxygens (including phenoxy) is 1. The van der Waals surface area contributed by atoms with Gasteiger partial charge < -0.3 is 20.3 Å². The standard InChI is InChI=1S/C35H39F3N8O4/c1-5-20-8-7-9-21(6-2)28(20)41-33(48)30-25-12-10-23-19-39-34(42-29(23)31(25)45(4)43-30)46(49)26-13-11-22(18-27(26)50-35(36,37)38)32(47)40-24-14-16-44(3)17-15-24/h7-9,11,13,18-19,24,49H,5-6,10,12,14-17H2,1-4H3,(H,40,47)(H,41,48). The van der Waals surface area contributed by atoms with Gasteiger partial charge in [0.25, 0.3) is 17.8 Å². The van der Waals surface area contributed by atoms with Gasteiger partial charge >= 0.3 is 6.36 Å². The molecule has 0 bridgehead atoms. The van der Waals surface area contributed by atoms with Crippen molar-refractivity contribution in [2.24, 2.45) is 7.05 Å². The number of carbonyl (C=O) groups excluding carboxylic acids is 2. The highest BCUT2D eigenvalue weighted by Crippen LogP contribution is 2.39. The lowest BCUT2D eigenvalue weighted by Crippen LogP contribution is -2.43. The molecule has 50 heavy (non-hydrogen) atoms. The summed E-state index contributed by atoms with van der Waals surface area (Å²) >= 11 is 0. The highest BCUT2D eigenvalue weighted by Gasteiger charge is 2.35. The quantitative estimate of drug-likeness (QED) is 0.191. The van der Waals surface area contributed by atoms with E-state index in [1.54, 1.807) is 7.05 Å². The van der Waals surface area contributed by atoms with E-state index < -0.39 is 23.7 Å². The van der Waals surface area contributed by atoms with Crippen LogP contribution in [0.4, 0.5) is 30.5 Å². The fourth-order valence-electron chi connectivity index (χ4n) is 6.57. The smallest absolute Gasteiger partial charge is 0.403 e. The van der Waals surface area contributed by atoms with Crippen LogP contribution in [0.1, 0.15) is 69.8 Å². The number of aryl methyl sites for hydroxylation is 4. The molecule has 2 aliphatic rings. The van der Waals surface area contributed by atoms with Crippen LogP contribution in [0.3, 0.4) is 0 Å². The second kappa shape index (κ2) is 14.1. The van der Waals surface area contributed by atoms with Crippen molar-refractivity contribution >= 4 is 29.1 Å². The first-order valence-electron chi connectivity index (χ1n) is 16.6. The SMILES string of the molecule is CCc1cccc(CC)c1NC(=O)c1nn(C)c2c1CCc1cnc(N(O)c3ccc(C(=O)NC4CCN(C)CC4)cc3OC(F)(F)F)nc1-2. The van der Waals surface area contributed by atoms with E-state index in [0.717, 1.165) is 54.9 Å². The van der Waals surface area contributed by atoms with E-state index in [1.165, 1.54) is 16.9 Å². The summed E-state index contributed by atoms with van der Waals surface area (Å²) in [4.78, 5) is 37.5. The topological polar surface area (TPSA) is 138 Å². The molecule has 1 saturated heterocycles. The zero-order valence-corrected chi connectivity index (χ0v) is 28.3. The van der Waals surface area contributed by atoms with E-state index in [2.05, 4.69) is 35.3 Å². The monoisotopic (exact) mass is 692 g/mol. The number of hydrogen-bond donors (Lipinski definition) is 3. The number of fused-ring (bicyclic) bond motifs is 3. The molecule has 264 valence electrons. The lowest BCUT2D eigenvalue weighted by Gasteiger charge is -2.29. The Balaban J connectivity index is 1.30. The second-order valence-corrected chi connectivity index (χ2v) is 12.5. The van der Waals surface area contributed by atoms with Gasteiger partial charge in [-0.25, -0.2) is 9.97 Å². The number of nitrogens with one attached hydrogen (secondary N) is 2. The Labute approximate surface area is 287 Å². The molecular formula is C35H39F3N8O4. The first kappa shape index (κ1) is 34.8. The first-order valence-corrected chi connectivity index (χ1v) is 16.6. The van der Waals surface area contributed by atoms with Crippen LogP contribution in [-0.4, -0.2) is 74.2 Å². The Hall–Kier alpha value is -5.02. The van der Waals surface area contributed by atoms with Crippen LogP contribution in [-0.2, 0) is 32.7 Å². The fourth-order valence-corrected chi connectivity index (χ4v) is 6.57. The predicted octanol–water partition coefficient (Wildman–Crippen LogP) is 5.60. The molecule has 0 saturated carbocycles. The summed E-state index contributed by atoms with van der Waals surface area (Å²) in [5, 5.41) is 22.1. The third-order valence-corrected chi connectivity index (χ3v) is 9.24. The van der Waals surface area contributed by atoms with Crippen LogP contribution in [0.5, 0.6) is 5.75 Å². The van der Waals surface area contributed by atoms with Gasteiger partial charge in [-0.1, -0.05) is 32.0 Å². The van der Waals surface area contributed by atoms with Crippen molar-refractivity contribution in [3.8, 4) is 17.1 Å². The molecule has 0 spiro atoms. The molecule has 12 nitrogen and oxygen atoms in total. The molecule has 0 radical (unpaired) electrons. The number of amides is 2. The van der Waals surface area contributed by atoms with Gasteiger partial charge in [-0.3, -0.25) is 19.5 Å². The number of benzene rings is 2. The van der Waals surface area contributed by atoms with Gasteiger partial charge in [-0.05, 0) is 93.6 Å². The summed E-state index contributed by atoms with van der Waals surface area (Å²) in [6, 6.07) is 9.17. The van der Waals surface area contributed by atoms with E-state index >= 15 is 0 Å². The van der Waals surface area contributed by atoms with Crippen LogP contribution in [0.25, 0.3) is 11.4 Å². The third kappa shape index (κ3) is 7.14. The lowest BCUT2D eigenvalue weighted by molar-refractivity contribution is -0.274. The number of halogens is 3. The van der Waals surface area contributed by atoms with Crippen molar-refractivity contribution in [2.45, 2.75) is 64.8 Å². The minimum atomic E-state index is -5.12. The van der Waals surface area contributed by atoms with Crippen LogP contribution in [0.2, 0.25) is 0 Å². The van der Waals surface area contributed by atoms with Gasteiger partial charge in [0.1, 0.15) is 5.69 Å². The van der Waals surface area contributed by atoms with E-state index in [9.17, 15) is 28.0 Å². The number of likely N-dealkylation sites (tertiary alicyclic amines) is 1. The van der Waals surface area contributed by atoms with Gasteiger partial charge in [0.05, 0.1) is 11.4 Å². The molecule has 15 heteroatoms. The van der Waals surface area contributed by atoms with E-state index in [4.69, 9.17) is 0 Å². The molecule has 0 atom stereocenters. The van der Waals surface area contributed by atoms with Crippen molar-refractivity contribution in [3.63, 3.8) is 0 Å². The van der Waals surface area contributed by atoms with E-state index in [0.29, 0.717) is 53.3 Å². The molecule has 1 aliphatic carbocycles. The number of rotatable bonds is 9. The molecular weight excluding hydrogens is 653 g/mol. The highest BCUT2D eigenvalue weighted by atomic mass is 19.4. The number of alkyl halides is 3. The number of nitrogens with zero attached hydrogens (tertiary/aromatic N) is 6. The molecule has 2 amide bonds. The second-order valence-electron chi connectivity index (χ2n) is 12.5. The third-order valence-electron chi connectivity index (χ3n) is 9.24. The maximum Gasteiger partial charge on any atom is 0.573 e.